The number of nitrogens with zero attached hydrogens (tertiary/aromatic N) is 1. The summed E-state index contributed by atoms with van der Waals surface area (Å²) in [6.45, 7) is 0. The fraction of sp³-hybridized carbons (Fsp3) is 0.222. The lowest BCUT2D eigenvalue weighted by atomic mass is 10.1. The van der Waals surface area contributed by atoms with Crippen LogP contribution in [0.15, 0.2) is 24.3 Å². The van der Waals surface area contributed by atoms with Gasteiger partial charge in [0, 0.05) is 0 Å². The second-order valence-corrected chi connectivity index (χ2v) is 3.49. The molecule has 0 saturated carbocycles. The van der Waals surface area contributed by atoms with Crippen LogP contribution in [0.4, 0.5) is 13.2 Å². The van der Waals surface area contributed by atoms with Gasteiger partial charge in [0.25, 0.3) is 0 Å². The van der Waals surface area contributed by atoms with Gasteiger partial charge < -0.3 is 0 Å². The molecule has 0 aliphatic rings. The van der Waals surface area contributed by atoms with E-state index in [1.165, 1.54) is 18.2 Å². The minimum atomic E-state index is -4.42. The second kappa shape index (κ2) is 4.01. The van der Waals surface area contributed by atoms with Gasteiger partial charge in [-0.2, -0.15) is 18.4 Å². The summed E-state index contributed by atoms with van der Waals surface area (Å²) in [6.07, 6.45) is -4.42. The molecule has 1 unspecified atom stereocenters. The zero-order chi connectivity index (χ0) is 10.8. The molecule has 5 heteroatoms. The average molecular weight is 264 g/mol. The zero-order valence-corrected chi connectivity index (χ0v) is 8.43. The molecule has 0 heterocycles. The first kappa shape index (κ1) is 11.1. The number of alkyl halides is 4. The lowest BCUT2D eigenvalue weighted by Gasteiger charge is -2.12. The van der Waals surface area contributed by atoms with E-state index in [0.717, 1.165) is 6.07 Å². The van der Waals surface area contributed by atoms with Crippen molar-refractivity contribution < 1.29 is 13.2 Å². The van der Waals surface area contributed by atoms with E-state index >= 15 is 0 Å². The quantitative estimate of drug-likeness (QED) is 0.710. The summed E-state index contributed by atoms with van der Waals surface area (Å²) in [4.78, 5) is -0.930. The summed E-state index contributed by atoms with van der Waals surface area (Å²) in [5.74, 6) is 0. The van der Waals surface area contributed by atoms with Crippen LogP contribution in [0.5, 0.6) is 0 Å². The maximum atomic E-state index is 12.4. The van der Waals surface area contributed by atoms with Crippen LogP contribution in [-0.2, 0) is 6.18 Å². The Hall–Kier alpha value is -1.02. The fourth-order valence-corrected chi connectivity index (χ4v) is 1.44. The molecule has 0 bridgehead atoms. The molecule has 0 radical (unpaired) electrons. The van der Waals surface area contributed by atoms with Crippen LogP contribution >= 0.6 is 15.9 Å². The molecule has 74 valence electrons. The maximum Gasteiger partial charge on any atom is 0.416 e. The molecular formula is C9H5BrF3N. The molecule has 1 atom stereocenters. The van der Waals surface area contributed by atoms with Gasteiger partial charge in [0.15, 0.2) is 0 Å². The second-order valence-electron chi connectivity index (χ2n) is 2.58. The van der Waals surface area contributed by atoms with Gasteiger partial charge in [-0.1, -0.05) is 34.1 Å². The largest absolute Gasteiger partial charge is 0.416 e. The highest BCUT2D eigenvalue weighted by atomic mass is 79.9. The summed E-state index contributed by atoms with van der Waals surface area (Å²) in [5.41, 5.74) is -0.828. The van der Waals surface area contributed by atoms with Crippen molar-refractivity contribution in [3.8, 4) is 6.07 Å². The highest BCUT2D eigenvalue weighted by molar-refractivity contribution is 9.09. The Bertz CT molecular complexity index is 367. The van der Waals surface area contributed by atoms with Gasteiger partial charge in [0.05, 0.1) is 11.6 Å². The van der Waals surface area contributed by atoms with Crippen LogP contribution < -0.4 is 0 Å². The lowest BCUT2D eigenvalue weighted by Crippen LogP contribution is -2.09. The molecule has 1 rings (SSSR count). The zero-order valence-electron chi connectivity index (χ0n) is 6.85. The number of nitriles is 1. The molecule has 0 aliphatic heterocycles. The van der Waals surface area contributed by atoms with Crippen LogP contribution in [0.2, 0.25) is 0 Å². The monoisotopic (exact) mass is 263 g/mol. The predicted molar refractivity (Wildman–Crippen MR) is 48.7 cm³/mol. The minimum absolute atomic E-state index is 0.0532. The molecule has 0 saturated heterocycles. The van der Waals surface area contributed by atoms with Crippen LogP contribution in [0.3, 0.4) is 0 Å². The van der Waals surface area contributed by atoms with E-state index in [-0.39, 0.29) is 5.56 Å². The van der Waals surface area contributed by atoms with Crippen molar-refractivity contribution in [2.24, 2.45) is 0 Å². The number of halogens is 4. The van der Waals surface area contributed by atoms with Gasteiger partial charge in [-0.25, -0.2) is 0 Å². The van der Waals surface area contributed by atoms with Crippen LogP contribution in [0.25, 0.3) is 0 Å². The summed E-state index contributed by atoms with van der Waals surface area (Å²) in [7, 11) is 0. The Kier molecular flexibility index (Phi) is 3.17. The standard InChI is InChI=1S/C9H5BrF3N/c10-8(5-14)6-3-1-2-4-7(6)9(11,12)13/h1-4,8H. The van der Waals surface area contributed by atoms with Gasteiger partial charge in [-0.15, -0.1) is 0 Å². The van der Waals surface area contributed by atoms with Gasteiger partial charge >= 0.3 is 6.18 Å². The van der Waals surface area contributed by atoms with Crippen LogP contribution in [0, 0.1) is 11.3 Å². The van der Waals surface area contributed by atoms with Gasteiger partial charge in [0.2, 0.25) is 0 Å². The molecule has 0 fully saturated rings. The third-order valence-corrected chi connectivity index (χ3v) is 2.35. The van der Waals surface area contributed by atoms with E-state index in [2.05, 4.69) is 15.9 Å². The van der Waals surface area contributed by atoms with E-state index in [4.69, 9.17) is 5.26 Å². The Morgan fingerprint density at radius 2 is 1.86 bits per heavy atom. The lowest BCUT2D eigenvalue weighted by molar-refractivity contribution is -0.138. The van der Waals surface area contributed by atoms with Crippen molar-refractivity contribution in [1.82, 2.24) is 0 Å². The highest BCUT2D eigenvalue weighted by Gasteiger charge is 2.34. The first-order valence-electron chi connectivity index (χ1n) is 3.66. The average Bonchev–Trinajstić information content (AvgIpc) is 2.15. The van der Waals surface area contributed by atoms with Crippen molar-refractivity contribution >= 4 is 15.9 Å². The molecular weight excluding hydrogens is 259 g/mol. The SMILES string of the molecule is N#CC(Br)c1ccccc1C(F)(F)F. The van der Waals surface area contributed by atoms with Crippen molar-refractivity contribution in [3.05, 3.63) is 35.4 Å². The van der Waals surface area contributed by atoms with E-state index in [9.17, 15) is 13.2 Å². The highest BCUT2D eigenvalue weighted by Crippen LogP contribution is 2.36. The van der Waals surface area contributed by atoms with Crippen molar-refractivity contribution in [1.29, 1.82) is 5.26 Å². The number of benzene rings is 1. The predicted octanol–water partition coefficient (Wildman–Crippen LogP) is 3.66. The van der Waals surface area contributed by atoms with E-state index in [0.29, 0.717) is 0 Å². The minimum Gasteiger partial charge on any atom is -0.197 e. The molecule has 0 aromatic heterocycles. The van der Waals surface area contributed by atoms with Crippen molar-refractivity contribution in [2.45, 2.75) is 11.0 Å². The first-order chi connectivity index (χ1) is 6.46. The van der Waals surface area contributed by atoms with E-state index in [1.807, 2.05) is 0 Å². The Morgan fingerprint density at radius 1 is 1.29 bits per heavy atom. The molecule has 0 N–H and O–H groups in total. The summed E-state index contributed by atoms with van der Waals surface area (Å²) >= 11 is 2.87. The molecule has 1 aromatic rings. The van der Waals surface area contributed by atoms with Gasteiger partial charge in [-0.05, 0) is 11.6 Å². The maximum absolute atomic E-state index is 12.4. The van der Waals surface area contributed by atoms with E-state index in [1.54, 1.807) is 6.07 Å². The van der Waals surface area contributed by atoms with Gasteiger partial charge in [-0.3, -0.25) is 0 Å². The number of hydrogen-bond donors (Lipinski definition) is 0. The van der Waals surface area contributed by atoms with Gasteiger partial charge in [0.1, 0.15) is 4.83 Å². The Morgan fingerprint density at radius 3 is 2.36 bits per heavy atom. The Balaban J connectivity index is 3.25. The normalized spacial score (nSPS) is 13.4. The van der Waals surface area contributed by atoms with Crippen molar-refractivity contribution in [2.75, 3.05) is 0 Å². The Labute approximate surface area is 87.3 Å². The summed E-state index contributed by atoms with van der Waals surface area (Å²) < 4.78 is 37.2. The molecule has 1 aromatic carbocycles. The topological polar surface area (TPSA) is 23.8 Å². The molecule has 14 heavy (non-hydrogen) atoms. The number of rotatable bonds is 1. The van der Waals surface area contributed by atoms with E-state index < -0.39 is 16.6 Å². The smallest absolute Gasteiger partial charge is 0.197 e. The van der Waals surface area contributed by atoms with Crippen LogP contribution in [-0.4, -0.2) is 0 Å². The van der Waals surface area contributed by atoms with Crippen LogP contribution in [0.1, 0.15) is 16.0 Å². The molecule has 1 nitrogen and oxygen atoms in total. The molecule has 0 amide bonds. The summed E-state index contributed by atoms with van der Waals surface area (Å²) in [6, 6.07) is 6.72. The molecule has 0 spiro atoms. The number of hydrogen-bond acceptors (Lipinski definition) is 1. The third-order valence-electron chi connectivity index (χ3n) is 1.65. The fourth-order valence-electron chi connectivity index (χ4n) is 1.05. The third kappa shape index (κ3) is 2.26. The summed E-state index contributed by atoms with van der Waals surface area (Å²) in [5, 5.41) is 8.51. The molecule has 0 aliphatic carbocycles. The first-order valence-corrected chi connectivity index (χ1v) is 4.58. The van der Waals surface area contributed by atoms with Crippen molar-refractivity contribution in [3.63, 3.8) is 0 Å².